The van der Waals surface area contributed by atoms with E-state index < -0.39 is 0 Å². The average molecular weight is 272 g/mol. The number of allylic oxidation sites excluding steroid dienone is 3. The summed E-state index contributed by atoms with van der Waals surface area (Å²) in [5.41, 5.74) is 2.55. The van der Waals surface area contributed by atoms with Gasteiger partial charge < -0.3 is 5.32 Å². The lowest BCUT2D eigenvalue weighted by Gasteiger charge is -2.09. The van der Waals surface area contributed by atoms with Crippen LogP contribution in [0.1, 0.15) is 26.2 Å². The van der Waals surface area contributed by atoms with Crippen molar-refractivity contribution in [3.8, 4) is 0 Å². The molecular weight excluding hydrogens is 260 g/mol. The van der Waals surface area contributed by atoms with Crippen molar-refractivity contribution in [3.05, 3.63) is 22.0 Å². The Morgan fingerprint density at radius 1 is 1.71 bits per heavy atom. The largest absolute Gasteiger partial charge is 0.336 e. The minimum Gasteiger partial charge on any atom is -0.336 e. The summed E-state index contributed by atoms with van der Waals surface area (Å²) >= 11 is 8.59. The summed E-state index contributed by atoms with van der Waals surface area (Å²) in [6.45, 7) is 2.19. The highest BCUT2D eigenvalue weighted by molar-refractivity contribution is 9.11. The molecule has 2 nitrogen and oxygen atoms in total. The van der Waals surface area contributed by atoms with E-state index in [9.17, 15) is 0 Å². The van der Waals surface area contributed by atoms with Crippen LogP contribution in [0.5, 0.6) is 0 Å². The zero-order valence-electron chi connectivity index (χ0n) is 8.01. The zero-order valence-corrected chi connectivity index (χ0v) is 10.4. The average Bonchev–Trinajstić information content (AvgIpc) is 2.67. The molecule has 0 saturated carbocycles. The van der Waals surface area contributed by atoms with E-state index in [1.807, 2.05) is 6.20 Å². The van der Waals surface area contributed by atoms with E-state index in [1.165, 1.54) is 22.9 Å². The first-order valence-electron chi connectivity index (χ1n) is 4.73. The predicted octanol–water partition coefficient (Wildman–Crippen LogP) is 2.79. The lowest BCUT2D eigenvalue weighted by atomic mass is 10.0. The summed E-state index contributed by atoms with van der Waals surface area (Å²) in [6, 6.07) is 0. The summed E-state index contributed by atoms with van der Waals surface area (Å²) in [6.07, 6.45) is 5.34. The molecule has 4 heteroatoms. The molecule has 1 unspecified atom stereocenters. The van der Waals surface area contributed by atoms with Crippen molar-refractivity contribution in [3.63, 3.8) is 0 Å². The number of rotatable bonds is 2. The second-order valence-corrected chi connectivity index (χ2v) is 5.01. The third kappa shape index (κ3) is 2.01. The number of hydrogen-bond acceptors (Lipinski definition) is 1. The van der Waals surface area contributed by atoms with E-state index in [0.717, 1.165) is 12.1 Å². The van der Waals surface area contributed by atoms with Gasteiger partial charge in [-0.1, -0.05) is 21.5 Å². The zero-order chi connectivity index (χ0) is 10.1. The summed E-state index contributed by atoms with van der Waals surface area (Å²) in [4.78, 5) is 0. The van der Waals surface area contributed by atoms with E-state index >= 15 is 0 Å². The number of halogens is 1. The quantitative estimate of drug-likeness (QED) is 0.782. The van der Waals surface area contributed by atoms with Crippen LogP contribution in [0.2, 0.25) is 0 Å². The van der Waals surface area contributed by atoms with Crippen LogP contribution in [0.25, 0.3) is 0 Å². The van der Waals surface area contributed by atoms with Gasteiger partial charge in [-0.25, -0.2) is 5.32 Å². The first-order chi connectivity index (χ1) is 6.66. The Labute approximate surface area is 98.0 Å². The Hall–Kier alpha value is -0.350. The Balaban J connectivity index is 1.96. The molecule has 1 aliphatic carbocycles. The number of thiocarbonyl (C=S) groups is 1. The Bertz CT molecular complexity index is 333. The van der Waals surface area contributed by atoms with Crippen molar-refractivity contribution in [1.82, 2.24) is 10.6 Å². The van der Waals surface area contributed by atoms with Crippen molar-refractivity contribution in [2.45, 2.75) is 26.2 Å². The number of hydrogen-bond donors (Lipinski definition) is 1. The summed E-state index contributed by atoms with van der Waals surface area (Å²) in [5.74, 6) is 0.604. The third-order valence-corrected chi connectivity index (χ3v) is 4.23. The van der Waals surface area contributed by atoms with Gasteiger partial charge in [0, 0.05) is 6.20 Å². The van der Waals surface area contributed by atoms with Gasteiger partial charge >= 0.3 is 0 Å². The van der Waals surface area contributed by atoms with Crippen LogP contribution in [-0.4, -0.2) is 5.11 Å². The van der Waals surface area contributed by atoms with Gasteiger partial charge in [0.2, 0.25) is 0 Å². The molecule has 0 amide bonds. The van der Waals surface area contributed by atoms with Gasteiger partial charge in [0.25, 0.3) is 0 Å². The topological polar surface area (TPSA) is 26.1 Å². The van der Waals surface area contributed by atoms with Crippen LogP contribution in [0.15, 0.2) is 22.0 Å². The lowest BCUT2D eigenvalue weighted by Crippen LogP contribution is -2.16. The summed E-state index contributed by atoms with van der Waals surface area (Å²) in [5, 5.41) is 7.78. The molecule has 1 N–H and O–H groups in total. The molecule has 0 fully saturated rings. The molecule has 1 aliphatic heterocycles. The van der Waals surface area contributed by atoms with Crippen molar-refractivity contribution in [2.24, 2.45) is 5.92 Å². The minimum atomic E-state index is 0.592. The fourth-order valence-electron chi connectivity index (χ4n) is 1.87. The molecule has 14 heavy (non-hydrogen) atoms. The maximum Gasteiger partial charge on any atom is 0.197 e. The maximum absolute atomic E-state index is 4.94. The molecular formula is C10H12BrN2S. The van der Waals surface area contributed by atoms with Crippen molar-refractivity contribution < 1.29 is 0 Å². The van der Waals surface area contributed by atoms with Gasteiger partial charge in [0.05, 0.1) is 5.70 Å². The van der Waals surface area contributed by atoms with E-state index in [0.29, 0.717) is 11.0 Å². The van der Waals surface area contributed by atoms with Gasteiger partial charge in [0.1, 0.15) is 0 Å². The van der Waals surface area contributed by atoms with Crippen LogP contribution in [0, 0.1) is 5.92 Å². The Morgan fingerprint density at radius 2 is 2.50 bits per heavy atom. The van der Waals surface area contributed by atoms with Gasteiger partial charge in [-0.3, -0.25) is 0 Å². The highest BCUT2D eigenvalue weighted by Gasteiger charge is 2.24. The van der Waals surface area contributed by atoms with E-state index in [2.05, 4.69) is 33.5 Å². The molecule has 0 saturated heterocycles. The molecule has 1 radical (unpaired) electrons. The van der Waals surface area contributed by atoms with Crippen LogP contribution in [0.3, 0.4) is 0 Å². The molecule has 75 valence electrons. The third-order valence-electron chi connectivity index (χ3n) is 2.70. The van der Waals surface area contributed by atoms with Crippen molar-refractivity contribution in [2.75, 3.05) is 0 Å². The second kappa shape index (κ2) is 4.03. The fourth-order valence-corrected chi connectivity index (χ4v) is 2.64. The standard InChI is InChI=1S/C10H12BrN2S/c1-6-2-3-7(9(6)11)4-8-5-12-10(14)13-8/h5,7H,2-4H2,1H3,(H,12,14). The predicted molar refractivity (Wildman–Crippen MR) is 64.9 cm³/mol. The SMILES string of the molecule is CC1=C(Br)C(CC2=CNC(=S)[N]2)CC1. The first kappa shape index (κ1) is 10.2. The van der Waals surface area contributed by atoms with Crippen molar-refractivity contribution >= 4 is 33.3 Å². The molecule has 1 atom stereocenters. The molecule has 2 aliphatic rings. The second-order valence-electron chi connectivity index (χ2n) is 3.76. The Morgan fingerprint density at radius 3 is 3.00 bits per heavy atom. The maximum atomic E-state index is 4.94. The van der Waals surface area contributed by atoms with Crippen LogP contribution in [0.4, 0.5) is 0 Å². The van der Waals surface area contributed by atoms with Gasteiger partial charge in [0.15, 0.2) is 5.11 Å². The molecule has 0 bridgehead atoms. The molecule has 0 aromatic rings. The van der Waals surface area contributed by atoms with E-state index in [1.54, 1.807) is 0 Å². The van der Waals surface area contributed by atoms with Gasteiger partial charge in [-0.2, -0.15) is 0 Å². The molecule has 0 spiro atoms. The summed E-state index contributed by atoms with van der Waals surface area (Å²) in [7, 11) is 0. The lowest BCUT2D eigenvalue weighted by molar-refractivity contribution is 0.609. The number of nitrogens with zero attached hydrogens (tertiary/aromatic N) is 1. The minimum absolute atomic E-state index is 0.592. The highest BCUT2D eigenvalue weighted by Crippen LogP contribution is 2.39. The molecule has 0 aromatic heterocycles. The van der Waals surface area contributed by atoms with E-state index in [4.69, 9.17) is 12.2 Å². The molecule has 1 heterocycles. The smallest absolute Gasteiger partial charge is 0.197 e. The van der Waals surface area contributed by atoms with Crippen LogP contribution in [-0.2, 0) is 0 Å². The molecule has 0 aromatic carbocycles. The van der Waals surface area contributed by atoms with Gasteiger partial charge in [-0.05, 0) is 48.8 Å². The fraction of sp³-hybridized carbons (Fsp3) is 0.500. The first-order valence-corrected chi connectivity index (χ1v) is 5.93. The molecule has 2 rings (SSSR count). The highest BCUT2D eigenvalue weighted by atomic mass is 79.9. The number of nitrogens with one attached hydrogen (secondary N) is 1. The Kier molecular flexibility index (Phi) is 2.93. The van der Waals surface area contributed by atoms with Crippen molar-refractivity contribution in [1.29, 1.82) is 0 Å². The monoisotopic (exact) mass is 271 g/mol. The van der Waals surface area contributed by atoms with Crippen LogP contribution < -0.4 is 10.6 Å². The van der Waals surface area contributed by atoms with E-state index in [-0.39, 0.29) is 0 Å². The van der Waals surface area contributed by atoms with Gasteiger partial charge in [-0.15, -0.1) is 0 Å². The normalized spacial score (nSPS) is 26.3. The van der Waals surface area contributed by atoms with Crippen LogP contribution >= 0.6 is 28.1 Å². The summed E-state index contributed by atoms with van der Waals surface area (Å²) < 4.78 is 1.37.